The summed E-state index contributed by atoms with van der Waals surface area (Å²) >= 11 is 0. The minimum atomic E-state index is -0.223. The maximum absolute atomic E-state index is 13.5. The van der Waals surface area contributed by atoms with Gasteiger partial charge in [0.2, 0.25) is 5.91 Å². The van der Waals surface area contributed by atoms with Crippen LogP contribution in [0.5, 0.6) is 0 Å². The van der Waals surface area contributed by atoms with Crippen molar-refractivity contribution in [2.45, 2.75) is 18.9 Å². The fourth-order valence-corrected chi connectivity index (χ4v) is 3.69. The number of hydrogen-bond donors (Lipinski definition) is 1. The molecule has 0 spiro atoms. The molecule has 0 aromatic heterocycles. The number of likely N-dealkylation sites (tertiary alicyclic amines) is 1. The monoisotopic (exact) mass is 352 g/mol. The molecule has 3 rings (SSSR count). The van der Waals surface area contributed by atoms with Crippen molar-refractivity contribution in [1.29, 1.82) is 0 Å². The summed E-state index contributed by atoms with van der Waals surface area (Å²) in [7, 11) is 0. The Bertz CT molecular complexity index is 747. The number of nitrogens with zero attached hydrogens (tertiary/aromatic N) is 1. The van der Waals surface area contributed by atoms with Crippen LogP contribution in [0.1, 0.15) is 23.5 Å². The van der Waals surface area contributed by atoms with Gasteiger partial charge in [-0.2, -0.15) is 0 Å². The van der Waals surface area contributed by atoms with E-state index in [1.807, 2.05) is 24.3 Å². The van der Waals surface area contributed by atoms with Gasteiger partial charge in [0, 0.05) is 26.2 Å². The van der Waals surface area contributed by atoms with E-state index in [1.54, 1.807) is 18.2 Å². The van der Waals surface area contributed by atoms with Crippen molar-refractivity contribution in [2.24, 2.45) is 5.92 Å². The molecule has 2 atom stereocenters. The molecule has 1 saturated heterocycles. The number of amides is 1. The first-order valence-corrected chi connectivity index (χ1v) is 9.06. The molecule has 2 unspecified atom stereocenters. The van der Waals surface area contributed by atoms with E-state index >= 15 is 0 Å². The molecule has 1 aliphatic heterocycles. The number of hydrogen-bond acceptors (Lipinski definition) is 2. The van der Waals surface area contributed by atoms with Crippen molar-refractivity contribution >= 4 is 5.91 Å². The highest BCUT2D eigenvalue weighted by Crippen LogP contribution is 2.31. The molecule has 2 aromatic carbocycles. The average Bonchev–Trinajstić information content (AvgIpc) is 2.66. The lowest BCUT2D eigenvalue weighted by Gasteiger charge is -2.37. The van der Waals surface area contributed by atoms with Crippen molar-refractivity contribution in [3.8, 4) is 0 Å². The largest absolute Gasteiger partial charge is 0.352 e. The lowest BCUT2D eigenvalue weighted by atomic mass is 9.84. The second-order valence-electron chi connectivity index (χ2n) is 6.90. The number of carbonyl (C=O) groups is 1. The molecule has 0 aliphatic carbocycles. The molecular formula is C22H25FN2O. The van der Waals surface area contributed by atoms with Crippen molar-refractivity contribution < 1.29 is 9.18 Å². The lowest BCUT2D eigenvalue weighted by molar-refractivity contribution is -0.126. The van der Waals surface area contributed by atoms with Crippen molar-refractivity contribution in [2.75, 3.05) is 19.6 Å². The Morgan fingerprint density at radius 2 is 2.00 bits per heavy atom. The third-order valence-electron chi connectivity index (χ3n) is 4.88. The van der Waals surface area contributed by atoms with Gasteiger partial charge in [-0.3, -0.25) is 9.69 Å². The number of carbonyl (C=O) groups excluding carboxylic acids is 1. The van der Waals surface area contributed by atoms with Gasteiger partial charge in [0.25, 0.3) is 0 Å². The van der Waals surface area contributed by atoms with Gasteiger partial charge in [0.1, 0.15) is 5.82 Å². The highest BCUT2D eigenvalue weighted by molar-refractivity contribution is 5.79. The van der Waals surface area contributed by atoms with E-state index in [1.165, 1.54) is 11.6 Å². The summed E-state index contributed by atoms with van der Waals surface area (Å²) in [6.45, 7) is 6.34. The Balaban J connectivity index is 1.77. The van der Waals surface area contributed by atoms with Gasteiger partial charge in [-0.1, -0.05) is 48.5 Å². The Kier molecular flexibility index (Phi) is 6.18. The van der Waals surface area contributed by atoms with Crippen LogP contribution in [0.2, 0.25) is 0 Å². The third kappa shape index (κ3) is 4.79. The second kappa shape index (κ2) is 8.77. The summed E-state index contributed by atoms with van der Waals surface area (Å²) in [5.41, 5.74) is 2.18. The van der Waals surface area contributed by atoms with Gasteiger partial charge in [-0.25, -0.2) is 4.39 Å². The summed E-state index contributed by atoms with van der Waals surface area (Å²) in [5.74, 6) is 0.0506. The van der Waals surface area contributed by atoms with E-state index in [9.17, 15) is 9.18 Å². The lowest BCUT2D eigenvalue weighted by Crippen LogP contribution is -2.45. The van der Waals surface area contributed by atoms with E-state index in [-0.39, 0.29) is 23.6 Å². The van der Waals surface area contributed by atoms with Crippen LogP contribution < -0.4 is 5.32 Å². The average molecular weight is 352 g/mol. The zero-order valence-corrected chi connectivity index (χ0v) is 14.9. The fourth-order valence-electron chi connectivity index (χ4n) is 3.69. The minimum absolute atomic E-state index is 0.0646. The standard InChI is InChI=1S/C22H25FN2O/c1-2-11-24-22(26)20-13-19(18-8-4-3-5-9-18)15-25(16-20)14-17-7-6-10-21(23)12-17/h2-10,12,19-20H,1,11,13-16H2,(H,24,26). The van der Waals surface area contributed by atoms with Crippen LogP contribution >= 0.6 is 0 Å². The molecule has 1 aliphatic rings. The Morgan fingerprint density at radius 3 is 2.73 bits per heavy atom. The van der Waals surface area contributed by atoms with Gasteiger partial charge in [0.05, 0.1) is 5.92 Å². The van der Waals surface area contributed by atoms with E-state index < -0.39 is 0 Å². The first kappa shape index (κ1) is 18.3. The minimum Gasteiger partial charge on any atom is -0.352 e. The molecular weight excluding hydrogens is 327 g/mol. The van der Waals surface area contributed by atoms with Crippen LogP contribution in [0, 0.1) is 11.7 Å². The number of halogens is 1. The van der Waals surface area contributed by atoms with Gasteiger partial charge in [0.15, 0.2) is 0 Å². The summed E-state index contributed by atoms with van der Waals surface area (Å²) in [5, 5.41) is 2.92. The fraction of sp³-hybridized carbons (Fsp3) is 0.318. The third-order valence-corrected chi connectivity index (χ3v) is 4.88. The van der Waals surface area contributed by atoms with Crippen molar-refractivity contribution in [1.82, 2.24) is 10.2 Å². The molecule has 0 bridgehead atoms. The SMILES string of the molecule is C=CCNC(=O)C1CC(c2ccccc2)CN(Cc2cccc(F)c2)C1. The quantitative estimate of drug-likeness (QED) is 0.804. The van der Waals surface area contributed by atoms with E-state index in [2.05, 4.69) is 28.9 Å². The van der Waals surface area contributed by atoms with Crippen LogP contribution in [-0.2, 0) is 11.3 Å². The summed E-state index contributed by atoms with van der Waals surface area (Å²) < 4.78 is 13.5. The normalized spacial score (nSPS) is 20.5. The zero-order valence-electron chi connectivity index (χ0n) is 14.9. The summed E-state index contributed by atoms with van der Waals surface area (Å²) in [4.78, 5) is 14.8. The first-order valence-electron chi connectivity index (χ1n) is 9.06. The number of piperidine rings is 1. The Hall–Kier alpha value is -2.46. The van der Waals surface area contributed by atoms with Crippen molar-refractivity contribution in [3.05, 3.63) is 84.2 Å². The molecule has 0 saturated carbocycles. The molecule has 1 amide bonds. The second-order valence-corrected chi connectivity index (χ2v) is 6.90. The highest BCUT2D eigenvalue weighted by Gasteiger charge is 2.32. The molecule has 0 radical (unpaired) electrons. The Morgan fingerprint density at radius 1 is 1.19 bits per heavy atom. The summed E-state index contributed by atoms with van der Waals surface area (Å²) in [6.07, 6.45) is 2.52. The molecule has 1 heterocycles. The maximum Gasteiger partial charge on any atom is 0.224 e. The predicted molar refractivity (Wildman–Crippen MR) is 102 cm³/mol. The van der Waals surface area contributed by atoms with E-state index in [4.69, 9.17) is 0 Å². The Labute approximate surface area is 154 Å². The maximum atomic E-state index is 13.5. The number of nitrogens with one attached hydrogen (secondary N) is 1. The zero-order chi connectivity index (χ0) is 18.4. The molecule has 1 fully saturated rings. The van der Waals surface area contributed by atoms with Gasteiger partial charge >= 0.3 is 0 Å². The molecule has 4 heteroatoms. The van der Waals surface area contributed by atoms with E-state index in [0.717, 1.165) is 18.5 Å². The topological polar surface area (TPSA) is 32.3 Å². The van der Waals surface area contributed by atoms with Crippen LogP contribution in [0.4, 0.5) is 4.39 Å². The molecule has 1 N–H and O–H groups in total. The van der Waals surface area contributed by atoms with Crippen LogP contribution in [0.3, 0.4) is 0 Å². The van der Waals surface area contributed by atoms with Gasteiger partial charge in [-0.15, -0.1) is 6.58 Å². The number of benzene rings is 2. The first-order chi connectivity index (χ1) is 12.7. The predicted octanol–water partition coefficient (Wildman–Crippen LogP) is 3.73. The van der Waals surface area contributed by atoms with E-state index in [0.29, 0.717) is 19.6 Å². The summed E-state index contributed by atoms with van der Waals surface area (Å²) in [6, 6.07) is 17.0. The van der Waals surface area contributed by atoms with Gasteiger partial charge in [-0.05, 0) is 35.6 Å². The smallest absolute Gasteiger partial charge is 0.224 e. The molecule has 136 valence electrons. The van der Waals surface area contributed by atoms with Gasteiger partial charge < -0.3 is 5.32 Å². The molecule has 26 heavy (non-hydrogen) atoms. The van der Waals surface area contributed by atoms with Crippen LogP contribution in [-0.4, -0.2) is 30.4 Å². The van der Waals surface area contributed by atoms with Crippen LogP contribution in [0.25, 0.3) is 0 Å². The highest BCUT2D eigenvalue weighted by atomic mass is 19.1. The molecule has 3 nitrogen and oxygen atoms in total. The molecule has 2 aromatic rings. The number of rotatable bonds is 6. The van der Waals surface area contributed by atoms with Crippen LogP contribution in [0.15, 0.2) is 67.3 Å². The van der Waals surface area contributed by atoms with Crippen molar-refractivity contribution in [3.63, 3.8) is 0 Å².